The molecule has 146 valence electrons. The molecule has 6 nitrogen and oxygen atoms in total. The maximum Gasteiger partial charge on any atom is 0.251 e. The van der Waals surface area contributed by atoms with Crippen LogP contribution < -0.4 is 10.6 Å². The van der Waals surface area contributed by atoms with E-state index in [1.165, 1.54) is 0 Å². The number of hydrogen-bond donors (Lipinski definition) is 3. The van der Waals surface area contributed by atoms with Crippen LogP contribution in [0.3, 0.4) is 0 Å². The highest BCUT2D eigenvalue weighted by molar-refractivity contribution is 5.97. The fourth-order valence-electron chi connectivity index (χ4n) is 3.05. The fourth-order valence-corrected chi connectivity index (χ4v) is 3.05. The summed E-state index contributed by atoms with van der Waals surface area (Å²) in [6.45, 7) is 4.37. The van der Waals surface area contributed by atoms with Gasteiger partial charge in [-0.3, -0.25) is 9.59 Å². The minimum Gasteiger partial charge on any atom is -0.354 e. The summed E-state index contributed by atoms with van der Waals surface area (Å²) in [4.78, 5) is 32.7. The van der Waals surface area contributed by atoms with Crippen LogP contribution in [0.25, 0.3) is 11.0 Å². The fraction of sp³-hybridized carbons (Fsp3) is 0.318. The van der Waals surface area contributed by atoms with E-state index in [0.717, 1.165) is 29.7 Å². The molecular formula is C22H26N4O2. The van der Waals surface area contributed by atoms with E-state index in [-0.39, 0.29) is 17.7 Å². The van der Waals surface area contributed by atoms with Gasteiger partial charge in [-0.05, 0) is 36.6 Å². The van der Waals surface area contributed by atoms with Gasteiger partial charge in [0.2, 0.25) is 5.91 Å². The second-order valence-electron chi connectivity index (χ2n) is 7.16. The second kappa shape index (κ2) is 9.17. The van der Waals surface area contributed by atoms with E-state index in [1.807, 2.05) is 44.2 Å². The number of carbonyl (C=O) groups is 2. The predicted molar refractivity (Wildman–Crippen MR) is 110 cm³/mol. The topological polar surface area (TPSA) is 86.9 Å². The minimum absolute atomic E-state index is 0.0111. The molecule has 2 aromatic carbocycles. The van der Waals surface area contributed by atoms with Crippen LogP contribution >= 0.6 is 0 Å². The highest BCUT2D eigenvalue weighted by Gasteiger charge is 2.24. The lowest BCUT2D eigenvalue weighted by Gasteiger charge is -2.21. The molecule has 1 aromatic heterocycles. The Morgan fingerprint density at radius 2 is 1.75 bits per heavy atom. The molecule has 0 aliphatic carbocycles. The van der Waals surface area contributed by atoms with Crippen LogP contribution in [0.15, 0.2) is 54.6 Å². The van der Waals surface area contributed by atoms with E-state index in [1.54, 1.807) is 24.3 Å². The molecular weight excluding hydrogens is 352 g/mol. The molecule has 0 radical (unpaired) electrons. The molecule has 0 aliphatic rings. The Bertz CT molecular complexity index is 901. The second-order valence-corrected chi connectivity index (χ2v) is 7.16. The molecule has 0 spiro atoms. The summed E-state index contributed by atoms with van der Waals surface area (Å²) in [6.07, 6.45) is 1.51. The molecule has 0 saturated carbocycles. The van der Waals surface area contributed by atoms with Crippen molar-refractivity contribution < 1.29 is 9.59 Å². The van der Waals surface area contributed by atoms with Crippen molar-refractivity contribution in [3.05, 3.63) is 66.0 Å². The number of carbonyl (C=O) groups excluding carboxylic acids is 2. The highest BCUT2D eigenvalue weighted by Crippen LogP contribution is 2.11. The normalized spacial score (nSPS) is 12.1. The van der Waals surface area contributed by atoms with E-state index < -0.39 is 6.04 Å². The van der Waals surface area contributed by atoms with Crippen LogP contribution in [0.5, 0.6) is 0 Å². The summed E-state index contributed by atoms with van der Waals surface area (Å²) in [5, 5.41) is 5.77. The van der Waals surface area contributed by atoms with Gasteiger partial charge < -0.3 is 15.6 Å². The maximum atomic E-state index is 12.6. The number of aromatic nitrogens is 2. The number of nitrogens with one attached hydrogen (secondary N) is 3. The number of H-pyrrole nitrogens is 1. The standard InChI is InChI=1S/C22H26N4O2/c1-15(2)20(26-21(27)16-9-4-3-5-10-16)22(28)23-14-8-13-19-24-17-11-6-7-12-18(17)25-19/h3-7,9-12,15,20H,8,13-14H2,1-2H3,(H,23,28)(H,24,25)(H,26,27). The van der Waals surface area contributed by atoms with Crippen molar-refractivity contribution in [1.29, 1.82) is 0 Å². The Morgan fingerprint density at radius 3 is 2.46 bits per heavy atom. The maximum absolute atomic E-state index is 12.6. The van der Waals surface area contributed by atoms with Crippen molar-refractivity contribution in [3.63, 3.8) is 0 Å². The van der Waals surface area contributed by atoms with Crippen molar-refractivity contribution in [1.82, 2.24) is 20.6 Å². The lowest BCUT2D eigenvalue weighted by atomic mass is 10.0. The van der Waals surface area contributed by atoms with Crippen LogP contribution in [0, 0.1) is 5.92 Å². The Balaban J connectivity index is 1.49. The van der Waals surface area contributed by atoms with Gasteiger partial charge in [-0.15, -0.1) is 0 Å². The number of aryl methyl sites for hydroxylation is 1. The lowest BCUT2D eigenvalue weighted by molar-refractivity contribution is -0.123. The van der Waals surface area contributed by atoms with E-state index >= 15 is 0 Å². The summed E-state index contributed by atoms with van der Waals surface area (Å²) in [5.41, 5.74) is 2.51. The Hall–Kier alpha value is -3.15. The first-order valence-corrected chi connectivity index (χ1v) is 9.62. The van der Waals surface area contributed by atoms with Gasteiger partial charge in [0, 0.05) is 18.5 Å². The number of imidazole rings is 1. The van der Waals surface area contributed by atoms with Crippen molar-refractivity contribution >= 4 is 22.8 Å². The zero-order valence-electron chi connectivity index (χ0n) is 16.2. The van der Waals surface area contributed by atoms with Gasteiger partial charge in [-0.25, -0.2) is 4.98 Å². The summed E-state index contributed by atoms with van der Waals surface area (Å²) in [5.74, 6) is 0.497. The summed E-state index contributed by atoms with van der Waals surface area (Å²) in [6, 6.07) is 16.3. The number of amides is 2. The van der Waals surface area contributed by atoms with Crippen LogP contribution in [0.4, 0.5) is 0 Å². The van der Waals surface area contributed by atoms with Crippen molar-refractivity contribution in [2.45, 2.75) is 32.7 Å². The van der Waals surface area contributed by atoms with Gasteiger partial charge in [-0.2, -0.15) is 0 Å². The molecule has 6 heteroatoms. The zero-order valence-corrected chi connectivity index (χ0v) is 16.2. The first-order chi connectivity index (χ1) is 13.5. The number of fused-ring (bicyclic) bond motifs is 1. The Morgan fingerprint density at radius 1 is 1.04 bits per heavy atom. The van der Waals surface area contributed by atoms with Crippen molar-refractivity contribution in [2.75, 3.05) is 6.54 Å². The molecule has 3 aromatic rings. The number of benzene rings is 2. The van der Waals surface area contributed by atoms with Crippen molar-refractivity contribution in [3.8, 4) is 0 Å². The van der Waals surface area contributed by atoms with Gasteiger partial charge in [-0.1, -0.05) is 44.2 Å². The molecule has 0 fully saturated rings. The average Bonchev–Trinajstić information content (AvgIpc) is 3.12. The number of aromatic amines is 1. The molecule has 3 N–H and O–H groups in total. The van der Waals surface area contributed by atoms with Gasteiger partial charge in [0.1, 0.15) is 11.9 Å². The van der Waals surface area contributed by atoms with E-state index in [4.69, 9.17) is 0 Å². The zero-order chi connectivity index (χ0) is 19.9. The highest BCUT2D eigenvalue weighted by atomic mass is 16.2. The number of rotatable bonds is 8. The van der Waals surface area contributed by atoms with Gasteiger partial charge in [0.05, 0.1) is 11.0 Å². The van der Waals surface area contributed by atoms with Crippen molar-refractivity contribution in [2.24, 2.45) is 5.92 Å². The number of para-hydroxylation sites is 2. The monoisotopic (exact) mass is 378 g/mol. The first-order valence-electron chi connectivity index (χ1n) is 9.62. The van der Waals surface area contributed by atoms with Gasteiger partial charge in [0.25, 0.3) is 5.91 Å². The van der Waals surface area contributed by atoms with E-state index in [0.29, 0.717) is 12.1 Å². The van der Waals surface area contributed by atoms with Crippen LogP contribution in [-0.4, -0.2) is 34.4 Å². The third kappa shape index (κ3) is 4.97. The SMILES string of the molecule is CC(C)C(NC(=O)c1ccccc1)C(=O)NCCCc1nc2ccccc2[nH]1. The summed E-state index contributed by atoms with van der Waals surface area (Å²) in [7, 11) is 0. The Kier molecular flexibility index (Phi) is 6.42. The molecule has 0 bridgehead atoms. The summed E-state index contributed by atoms with van der Waals surface area (Å²) >= 11 is 0. The third-order valence-electron chi connectivity index (χ3n) is 4.60. The first kappa shape index (κ1) is 19.6. The molecule has 28 heavy (non-hydrogen) atoms. The molecule has 2 amide bonds. The minimum atomic E-state index is -0.570. The molecule has 0 aliphatic heterocycles. The smallest absolute Gasteiger partial charge is 0.251 e. The quantitative estimate of drug-likeness (QED) is 0.527. The average molecular weight is 378 g/mol. The molecule has 3 rings (SSSR count). The Labute approximate surface area is 164 Å². The molecule has 1 unspecified atom stereocenters. The molecule has 0 saturated heterocycles. The molecule has 1 atom stereocenters. The van der Waals surface area contributed by atoms with Crippen LogP contribution in [0.1, 0.15) is 36.5 Å². The van der Waals surface area contributed by atoms with Crippen LogP contribution in [-0.2, 0) is 11.2 Å². The van der Waals surface area contributed by atoms with E-state index in [9.17, 15) is 9.59 Å². The predicted octanol–water partition coefficient (Wildman–Crippen LogP) is 3.07. The van der Waals surface area contributed by atoms with Crippen LogP contribution in [0.2, 0.25) is 0 Å². The lowest BCUT2D eigenvalue weighted by Crippen LogP contribution is -2.49. The molecule has 1 heterocycles. The van der Waals surface area contributed by atoms with Gasteiger partial charge in [0.15, 0.2) is 0 Å². The van der Waals surface area contributed by atoms with Gasteiger partial charge >= 0.3 is 0 Å². The largest absolute Gasteiger partial charge is 0.354 e. The number of hydrogen-bond acceptors (Lipinski definition) is 3. The number of nitrogens with zero attached hydrogens (tertiary/aromatic N) is 1. The van der Waals surface area contributed by atoms with E-state index in [2.05, 4.69) is 20.6 Å². The third-order valence-corrected chi connectivity index (χ3v) is 4.60. The summed E-state index contributed by atoms with van der Waals surface area (Å²) < 4.78 is 0.